The molecule has 5 rings (SSSR count). The van der Waals surface area contributed by atoms with Crippen molar-refractivity contribution in [2.24, 2.45) is 7.05 Å². The summed E-state index contributed by atoms with van der Waals surface area (Å²) in [6.07, 6.45) is 2.57. The zero-order valence-electron chi connectivity index (χ0n) is 17.5. The number of rotatable bonds is 5. The predicted molar refractivity (Wildman–Crippen MR) is 123 cm³/mol. The molecule has 1 saturated heterocycles. The highest BCUT2D eigenvalue weighted by molar-refractivity contribution is 6.45. The fourth-order valence-electron chi connectivity index (χ4n) is 4.60. The van der Waals surface area contributed by atoms with Crippen molar-refractivity contribution in [1.82, 2.24) is 9.88 Å². The summed E-state index contributed by atoms with van der Waals surface area (Å²) < 4.78 is 7.48. The fraction of sp³-hybridized carbons (Fsp3) is 0.333. The van der Waals surface area contributed by atoms with E-state index in [1.54, 1.807) is 28.8 Å². The zero-order chi connectivity index (χ0) is 22.6. The number of aromatic nitrogens is 1. The molecule has 32 heavy (non-hydrogen) atoms. The van der Waals surface area contributed by atoms with E-state index in [0.29, 0.717) is 46.3 Å². The summed E-state index contributed by atoms with van der Waals surface area (Å²) in [4.78, 5) is 25.1. The Kier molecular flexibility index (Phi) is 5.19. The molecule has 0 radical (unpaired) electrons. The van der Waals surface area contributed by atoms with Gasteiger partial charge in [0.05, 0.1) is 27.8 Å². The molecule has 1 aliphatic heterocycles. The van der Waals surface area contributed by atoms with Crippen LogP contribution in [0.5, 0.6) is 0 Å². The van der Waals surface area contributed by atoms with E-state index < -0.39 is 11.5 Å². The van der Waals surface area contributed by atoms with Crippen LogP contribution in [0.25, 0.3) is 10.9 Å². The first-order valence-electron chi connectivity index (χ1n) is 10.5. The second kappa shape index (κ2) is 7.80. The second-order valence-corrected chi connectivity index (χ2v) is 9.39. The number of carboxylic acids is 1. The van der Waals surface area contributed by atoms with Crippen LogP contribution >= 0.6 is 23.2 Å². The summed E-state index contributed by atoms with van der Waals surface area (Å²) in [6, 6.07) is 10.7. The summed E-state index contributed by atoms with van der Waals surface area (Å²) in [5, 5.41) is 14.3. The molecule has 1 saturated carbocycles. The molecule has 0 bridgehead atoms. The van der Waals surface area contributed by atoms with Crippen LogP contribution in [0.3, 0.4) is 0 Å². The molecular formula is C24H22Cl2N2O4. The van der Waals surface area contributed by atoms with Crippen LogP contribution in [0, 0.1) is 0 Å². The molecule has 1 aromatic heterocycles. The van der Waals surface area contributed by atoms with Gasteiger partial charge >= 0.3 is 5.97 Å². The third-order valence-electron chi connectivity index (χ3n) is 6.57. The van der Waals surface area contributed by atoms with Crippen molar-refractivity contribution < 1.29 is 19.4 Å². The molecule has 2 aromatic carbocycles. The minimum atomic E-state index is -0.926. The van der Waals surface area contributed by atoms with Crippen LogP contribution in [0.4, 0.5) is 0 Å². The Bertz CT molecular complexity index is 1260. The third-order valence-corrected chi connectivity index (χ3v) is 7.39. The van der Waals surface area contributed by atoms with Crippen molar-refractivity contribution in [2.45, 2.75) is 30.7 Å². The maximum absolute atomic E-state index is 13.4. The van der Waals surface area contributed by atoms with Gasteiger partial charge in [0.25, 0.3) is 5.91 Å². The molecule has 2 aliphatic rings. The number of ether oxygens (including phenoxy) is 1. The van der Waals surface area contributed by atoms with Gasteiger partial charge in [0.2, 0.25) is 0 Å². The number of nitrogens with zero attached hydrogens (tertiary/aromatic N) is 1. The monoisotopic (exact) mass is 472 g/mol. The number of nitrogens with one attached hydrogen (secondary N) is 1. The van der Waals surface area contributed by atoms with Gasteiger partial charge in [-0.3, -0.25) is 4.79 Å². The van der Waals surface area contributed by atoms with Crippen LogP contribution < -0.4 is 5.32 Å². The summed E-state index contributed by atoms with van der Waals surface area (Å²) in [6.45, 7) is 0.835. The van der Waals surface area contributed by atoms with Gasteiger partial charge in [0.1, 0.15) is 5.69 Å². The lowest BCUT2D eigenvalue weighted by Gasteiger charge is -2.30. The fourth-order valence-corrected chi connectivity index (χ4v) is 4.98. The maximum atomic E-state index is 13.4. The Labute approximate surface area is 195 Å². The average Bonchev–Trinajstić information content (AvgIpc) is 3.42. The maximum Gasteiger partial charge on any atom is 0.335 e. The number of carboxylic acid groups (broad SMARTS) is 1. The van der Waals surface area contributed by atoms with Crippen LogP contribution in [-0.4, -0.2) is 34.8 Å². The minimum Gasteiger partial charge on any atom is -0.478 e. The molecule has 3 aromatic rings. The highest BCUT2D eigenvalue weighted by Gasteiger charge is 2.40. The number of hydrogen-bond acceptors (Lipinski definition) is 3. The molecule has 2 heterocycles. The molecule has 8 heteroatoms. The number of benzene rings is 2. The quantitative estimate of drug-likeness (QED) is 0.540. The van der Waals surface area contributed by atoms with Gasteiger partial charge in [0, 0.05) is 31.0 Å². The van der Waals surface area contributed by atoms with E-state index in [4.69, 9.17) is 27.9 Å². The number of carbonyl (C=O) groups is 2. The predicted octanol–water partition coefficient (Wildman–Crippen LogP) is 5.11. The number of aryl methyl sites for hydroxylation is 1. The molecule has 1 atom stereocenters. The topological polar surface area (TPSA) is 80.6 Å². The average molecular weight is 473 g/mol. The van der Waals surface area contributed by atoms with E-state index in [1.807, 2.05) is 19.2 Å². The first-order valence-corrected chi connectivity index (χ1v) is 11.3. The van der Waals surface area contributed by atoms with Crippen molar-refractivity contribution in [3.8, 4) is 0 Å². The van der Waals surface area contributed by atoms with Crippen LogP contribution in [0.15, 0.2) is 36.4 Å². The Hall–Kier alpha value is -2.54. The van der Waals surface area contributed by atoms with E-state index >= 15 is 0 Å². The van der Waals surface area contributed by atoms with Crippen molar-refractivity contribution >= 4 is 46.0 Å². The first-order chi connectivity index (χ1) is 15.3. The first kappa shape index (κ1) is 21.3. The van der Waals surface area contributed by atoms with Gasteiger partial charge in [-0.05, 0) is 54.2 Å². The molecule has 166 valence electrons. The van der Waals surface area contributed by atoms with Gasteiger partial charge in [-0.15, -0.1) is 0 Å². The number of aromatic carboxylic acids is 1. The van der Waals surface area contributed by atoms with Crippen molar-refractivity contribution in [1.29, 1.82) is 0 Å². The summed E-state index contributed by atoms with van der Waals surface area (Å²) in [5.41, 5.74) is 2.58. The van der Waals surface area contributed by atoms with Crippen molar-refractivity contribution in [3.05, 3.63) is 68.8 Å². The molecular weight excluding hydrogens is 451 g/mol. The summed E-state index contributed by atoms with van der Waals surface area (Å²) in [7, 11) is 1.81. The molecule has 2 N–H and O–H groups in total. The smallest absolute Gasteiger partial charge is 0.335 e. The van der Waals surface area contributed by atoms with E-state index in [1.165, 1.54) is 0 Å². The van der Waals surface area contributed by atoms with Crippen LogP contribution in [0.2, 0.25) is 10.0 Å². The zero-order valence-corrected chi connectivity index (χ0v) is 19.0. The van der Waals surface area contributed by atoms with Gasteiger partial charge in [-0.25, -0.2) is 4.79 Å². The minimum absolute atomic E-state index is 0.253. The standard InChI is InChI=1S/C24H22Cl2N2O4/c1-28-19-7-6-18(25)21(26)17(19)11-20(28)22(29)27-24(8-9-32-12-24)14-4-5-15(23(30)31)16(10-14)13-2-3-13/h4-7,10-11,13H,2-3,8-9,12H2,1H3,(H,27,29)(H,30,31). The molecule has 1 amide bonds. The third kappa shape index (κ3) is 3.47. The number of amides is 1. The Morgan fingerprint density at radius 1 is 1.19 bits per heavy atom. The SMILES string of the molecule is Cn1c(C(=O)NC2(c3ccc(C(=O)O)c(C4CC4)c3)CCOC2)cc2c(Cl)c(Cl)ccc21. The highest BCUT2D eigenvalue weighted by Crippen LogP contribution is 2.44. The van der Waals surface area contributed by atoms with Gasteiger partial charge < -0.3 is 19.7 Å². The molecule has 1 unspecified atom stereocenters. The highest BCUT2D eigenvalue weighted by atomic mass is 35.5. The van der Waals surface area contributed by atoms with E-state index in [2.05, 4.69) is 5.32 Å². The van der Waals surface area contributed by atoms with Gasteiger partial charge in [-0.2, -0.15) is 0 Å². The Morgan fingerprint density at radius 2 is 1.97 bits per heavy atom. The second-order valence-electron chi connectivity index (χ2n) is 8.60. The molecule has 2 fully saturated rings. The number of halogens is 2. The molecule has 0 spiro atoms. The molecule has 1 aliphatic carbocycles. The van der Waals surface area contributed by atoms with Gasteiger partial charge in [0.15, 0.2) is 0 Å². The van der Waals surface area contributed by atoms with Crippen LogP contribution in [0.1, 0.15) is 57.2 Å². The number of fused-ring (bicyclic) bond motifs is 1. The van der Waals surface area contributed by atoms with E-state index in [0.717, 1.165) is 29.5 Å². The lowest BCUT2D eigenvalue weighted by Crippen LogP contribution is -2.47. The summed E-state index contributed by atoms with van der Waals surface area (Å²) in [5.74, 6) is -0.914. The largest absolute Gasteiger partial charge is 0.478 e. The number of hydrogen-bond donors (Lipinski definition) is 2. The Balaban J connectivity index is 1.53. The van der Waals surface area contributed by atoms with Crippen molar-refractivity contribution in [2.75, 3.05) is 13.2 Å². The van der Waals surface area contributed by atoms with E-state index in [-0.39, 0.29) is 11.8 Å². The lowest BCUT2D eigenvalue weighted by molar-refractivity contribution is 0.0694. The van der Waals surface area contributed by atoms with Crippen molar-refractivity contribution in [3.63, 3.8) is 0 Å². The van der Waals surface area contributed by atoms with E-state index in [9.17, 15) is 14.7 Å². The van der Waals surface area contributed by atoms with Crippen LogP contribution in [-0.2, 0) is 17.3 Å². The normalized spacial score (nSPS) is 20.6. The van der Waals surface area contributed by atoms with Gasteiger partial charge in [-0.1, -0.05) is 35.3 Å². The summed E-state index contributed by atoms with van der Waals surface area (Å²) >= 11 is 12.5. The number of carbonyl (C=O) groups excluding carboxylic acids is 1. The Morgan fingerprint density at radius 3 is 2.62 bits per heavy atom. The lowest BCUT2D eigenvalue weighted by atomic mass is 9.86. The molecule has 6 nitrogen and oxygen atoms in total.